The molecule has 1 amide bonds. The lowest BCUT2D eigenvalue weighted by Gasteiger charge is -2.30. The summed E-state index contributed by atoms with van der Waals surface area (Å²) in [7, 11) is 0. The minimum Gasteiger partial charge on any atom is -0.454 e. The van der Waals surface area contributed by atoms with E-state index in [0.29, 0.717) is 23.1 Å². The van der Waals surface area contributed by atoms with Crippen molar-refractivity contribution in [3.05, 3.63) is 29.3 Å². The van der Waals surface area contributed by atoms with Gasteiger partial charge >= 0.3 is 0 Å². The standard InChI is InChI=1S/C18H23N3O3S.ClH/c1-11(2)7-18(3,9-19)21-16(22)15-8-20-17(25-15)12-4-5-13-14(6-12)24-10-23-13;/h4-6,8,11H,7,9-10,19H2,1-3H3,(H,21,22);1H. The molecule has 1 unspecified atom stereocenters. The number of hydrogen-bond acceptors (Lipinski definition) is 6. The third-order valence-corrected chi connectivity index (χ3v) is 5.12. The lowest BCUT2D eigenvalue weighted by Crippen LogP contribution is -2.52. The van der Waals surface area contributed by atoms with Crippen LogP contribution in [0.25, 0.3) is 10.6 Å². The maximum Gasteiger partial charge on any atom is 0.263 e. The highest BCUT2D eigenvalue weighted by molar-refractivity contribution is 7.16. The van der Waals surface area contributed by atoms with E-state index in [2.05, 4.69) is 24.1 Å². The Morgan fingerprint density at radius 3 is 2.81 bits per heavy atom. The van der Waals surface area contributed by atoms with Gasteiger partial charge < -0.3 is 20.5 Å². The molecule has 6 nitrogen and oxygen atoms in total. The highest BCUT2D eigenvalue weighted by Gasteiger charge is 2.27. The van der Waals surface area contributed by atoms with Crippen LogP contribution < -0.4 is 20.5 Å². The summed E-state index contributed by atoms with van der Waals surface area (Å²) < 4.78 is 10.7. The fourth-order valence-electron chi connectivity index (χ4n) is 2.96. The van der Waals surface area contributed by atoms with Crippen LogP contribution in [0.1, 0.15) is 36.9 Å². The van der Waals surface area contributed by atoms with Crippen molar-refractivity contribution >= 4 is 29.7 Å². The van der Waals surface area contributed by atoms with Crippen LogP contribution in [0.15, 0.2) is 24.4 Å². The molecule has 1 aromatic carbocycles. The maximum atomic E-state index is 12.6. The summed E-state index contributed by atoms with van der Waals surface area (Å²) in [6.45, 7) is 6.84. The van der Waals surface area contributed by atoms with Crippen molar-refractivity contribution in [3.63, 3.8) is 0 Å². The highest BCUT2D eigenvalue weighted by Crippen LogP contribution is 2.37. The van der Waals surface area contributed by atoms with Gasteiger partial charge in [0.25, 0.3) is 5.91 Å². The fraction of sp³-hybridized carbons (Fsp3) is 0.444. The molecule has 0 saturated heterocycles. The molecule has 2 heterocycles. The molecule has 1 aliphatic rings. The number of amides is 1. The second kappa shape index (κ2) is 8.24. The molecular weight excluding hydrogens is 374 g/mol. The second-order valence-electron chi connectivity index (χ2n) is 6.91. The molecule has 1 aliphatic heterocycles. The van der Waals surface area contributed by atoms with E-state index < -0.39 is 5.54 Å². The number of nitrogens with zero attached hydrogens (tertiary/aromatic N) is 1. The van der Waals surface area contributed by atoms with Crippen LogP contribution in [0.3, 0.4) is 0 Å². The van der Waals surface area contributed by atoms with E-state index in [0.717, 1.165) is 22.7 Å². The number of hydrogen-bond donors (Lipinski definition) is 2. The van der Waals surface area contributed by atoms with Gasteiger partial charge in [-0.1, -0.05) is 13.8 Å². The molecule has 0 saturated carbocycles. The summed E-state index contributed by atoms with van der Waals surface area (Å²) in [5.74, 6) is 1.73. The van der Waals surface area contributed by atoms with E-state index in [4.69, 9.17) is 15.2 Å². The highest BCUT2D eigenvalue weighted by atomic mass is 35.5. The Morgan fingerprint density at radius 2 is 2.12 bits per heavy atom. The summed E-state index contributed by atoms with van der Waals surface area (Å²) in [5, 5.41) is 3.82. The second-order valence-corrected chi connectivity index (χ2v) is 7.95. The van der Waals surface area contributed by atoms with E-state index in [1.807, 2.05) is 25.1 Å². The zero-order valence-electron chi connectivity index (χ0n) is 15.1. The molecule has 0 radical (unpaired) electrons. The third kappa shape index (κ3) is 4.47. The summed E-state index contributed by atoms with van der Waals surface area (Å²) >= 11 is 1.35. The Bertz CT molecular complexity index is 781. The van der Waals surface area contributed by atoms with Crippen molar-refractivity contribution < 1.29 is 14.3 Å². The first-order valence-corrected chi connectivity index (χ1v) is 9.10. The normalized spacial score (nSPS) is 14.7. The number of nitrogens with one attached hydrogen (secondary N) is 1. The Hall–Kier alpha value is -1.83. The van der Waals surface area contributed by atoms with Gasteiger partial charge in [-0.05, 0) is 37.5 Å². The zero-order valence-corrected chi connectivity index (χ0v) is 16.7. The average Bonchev–Trinajstić information content (AvgIpc) is 3.22. The fourth-order valence-corrected chi connectivity index (χ4v) is 3.77. The quantitative estimate of drug-likeness (QED) is 0.779. The van der Waals surface area contributed by atoms with Crippen LogP contribution in [-0.2, 0) is 0 Å². The van der Waals surface area contributed by atoms with Crippen LogP contribution >= 0.6 is 23.7 Å². The predicted molar refractivity (Wildman–Crippen MR) is 105 cm³/mol. The van der Waals surface area contributed by atoms with Crippen molar-refractivity contribution in [2.75, 3.05) is 13.3 Å². The van der Waals surface area contributed by atoms with Crippen LogP contribution in [0, 0.1) is 5.92 Å². The van der Waals surface area contributed by atoms with E-state index in [9.17, 15) is 4.79 Å². The van der Waals surface area contributed by atoms with Gasteiger partial charge in [0, 0.05) is 12.1 Å². The molecule has 3 N–H and O–H groups in total. The minimum atomic E-state index is -0.422. The monoisotopic (exact) mass is 397 g/mol. The van der Waals surface area contributed by atoms with E-state index in [1.54, 1.807) is 6.20 Å². The molecule has 3 rings (SSSR count). The van der Waals surface area contributed by atoms with Gasteiger partial charge in [0.2, 0.25) is 6.79 Å². The molecular formula is C18H24ClN3O3S. The molecule has 142 valence electrons. The van der Waals surface area contributed by atoms with Crippen molar-refractivity contribution in [2.45, 2.75) is 32.7 Å². The number of benzene rings is 1. The third-order valence-electron chi connectivity index (χ3n) is 4.07. The summed E-state index contributed by atoms with van der Waals surface area (Å²) in [5.41, 5.74) is 6.35. The number of fused-ring (bicyclic) bond motifs is 1. The number of nitrogens with two attached hydrogens (primary N) is 1. The first kappa shape index (κ1) is 20.5. The molecule has 8 heteroatoms. The van der Waals surface area contributed by atoms with Crippen molar-refractivity contribution in [3.8, 4) is 22.1 Å². The lowest BCUT2D eigenvalue weighted by atomic mass is 9.90. The number of carbonyl (C=O) groups is 1. The first-order valence-electron chi connectivity index (χ1n) is 8.28. The van der Waals surface area contributed by atoms with Gasteiger partial charge in [-0.25, -0.2) is 4.98 Å². The SMILES string of the molecule is CC(C)CC(C)(CN)NC(=O)c1cnc(-c2ccc3c(c2)OCO3)s1.Cl. The van der Waals surface area contributed by atoms with Crippen molar-refractivity contribution in [1.82, 2.24) is 10.3 Å². The number of thiazole rings is 1. The predicted octanol–water partition coefficient (Wildman–Crippen LogP) is 3.45. The van der Waals surface area contributed by atoms with Crippen LogP contribution in [0.5, 0.6) is 11.5 Å². The molecule has 1 aromatic heterocycles. The first-order chi connectivity index (χ1) is 11.9. The van der Waals surface area contributed by atoms with Crippen molar-refractivity contribution in [2.24, 2.45) is 11.7 Å². The van der Waals surface area contributed by atoms with Gasteiger partial charge in [0.15, 0.2) is 11.5 Å². The topological polar surface area (TPSA) is 86.5 Å². The van der Waals surface area contributed by atoms with Crippen LogP contribution in [0.2, 0.25) is 0 Å². The van der Waals surface area contributed by atoms with Gasteiger partial charge in [-0.2, -0.15) is 0 Å². The summed E-state index contributed by atoms with van der Waals surface area (Å²) in [6.07, 6.45) is 2.43. The van der Waals surface area contributed by atoms with Gasteiger partial charge in [-0.15, -0.1) is 23.7 Å². The number of ether oxygens (including phenoxy) is 2. The summed E-state index contributed by atoms with van der Waals surface area (Å²) in [4.78, 5) is 17.5. The number of halogens is 1. The molecule has 2 aromatic rings. The molecule has 0 bridgehead atoms. The Kier molecular flexibility index (Phi) is 6.49. The summed E-state index contributed by atoms with van der Waals surface area (Å²) in [6, 6.07) is 5.65. The van der Waals surface area contributed by atoms with Crippen LogP contribution in [0.4, 0.5) is 0 Å². The van der Waals surface area contributed by atoms with E-state index in [-0.39, 0.29) is 25.1 Å². The van der Waals surface area contributed by atoms with E-state index >= 15 is 0 Å². The van der Waals surface area contributed by atoms with Crippen LogP contribution in [-0.4, -0.2) is 29.8 Å². The maximum absolute atomic E-state index is 12.6. The van der Waals surface area contributed by atoms with Gasteiger partial charge in [0.1, 0.15) is 9.88 Å². The zero-order chi connectivity index (χ0) is 18.0. The number of carbonyl (C=O) groups excluding carboxylic acids is 1. The minimum absolute atomic E-state index is 0. The average molecular weight is 398 g/mol. The molecule has 26 heavy (non-hydrogen) atoms. The number of aromatic nitrogens is 1. The molecule has 0 fully saturated rings. The van der Waals surface area contributed by atoms with Crippen molar-refractivity contribution in [1.29, 1.82) is 0 Å². The van der Waals surface area contributed by atoms with E-state index in [1.165, 1.54) is 11.3 Å². The Morgan fingerprint density at radius 1 is 1.38 bits per heavy atom. The Balaban J connectivity index is 0.00000243. The largest absolute Gasteiger partial charge is 0.454 e. The number of rotatable bonds is 6. The lowest BCUT2D eigenvalue weighted by molar-refractivity contribution is 0.0902. The molecule has 0 aliphatic carbocycles. The smallest absolute Gasteiger partial charge is 0.263 e. The molecule has 0 spiro atoms. The van der Waals surface area contributed by atoms with Gasteiger partial charge in [-0.3, -0.25) is 4.79 Å². The molecule has 1 atom stereocenters. The Labute approximate surface area is 163 Å². The van der Waals surface area contributed by atoms with Gasteiger partial charge in [0.05, 0.1) is 11.7 Å².